The Balaban J connectivity index is 2.30. The van der Waals surface area contributed by atoms with Crippen LogP contribution in [-0.2, 0) is 0 Å². The molecule has 0 aromatic heterocycles. The molecule has 1 fully saturated rings. The molecule has 1 nitrogen and oxygen atoms in total. The Morgan fingerprint density at radius 3 is 2.38 bits per heavy atom. The molecule has 0 spiro atoms. The van der Waals surface area contributed by atoms with Gasteiger partial charge < -0.3 is 5.11 Å². The molecule has 1 saturated carbocycles. The second-order valence-electron chi connectivity index (χ2n) is 2.97. The maximum absolute atomic E-state index is 12.1. The first-order valence-corrected chi connectivity index (χ1v) is 2.91. The number of alkyl halides is 1. The quantitative estimate of drug-likeness (QED) is 0.547. The lowest BCUT2D eigenvalue weighted by atomic mass is 9.70. The summed E-state index contributed by atoms with van der Waals surface area (Å²) in [6.07, 6.45) is 0.444. The number of hydrogen-bond donors (Lipinski definition) is 1. The lowest BCUT2D eigenvalue weighted by molar-refractivity contribution is -0.00712. The van der Waals surface area contributed by atoms with Gasteiger partial charge in [0.2, 0.25) is 0 Å². The SMILES string of the molecule is CC1(CO)CC(F)C1. The summed E-state index contributed by atoms with van der Waals surface area (Å²) in [4.78, 5) is 0. The van der Waals surface area contributed by atoms with Crippen molar-refractivity contribution < 1.29 is 9.50 Å². The van der Waals surface area contributed by atoms with E-state index >= 15 is 0 Å². The van der Waals surface area contributed by atoms with Gasteiger partial charge in [-0.25, -0.2) is 4.39 Å². The number of halogens is 1. The summed E-state index contributed by atoms with van der Waals surface area (Å²) >= 11 is 0. The van der Waals surface area contributed by atoms with E-state index in [9.17, 15) is 4.39 Å². The number of rotatable bonds is 1. The minimum absolute atomic E-state index is 0.0839. The monoisotopic (exact) mass is 118 g/mol. The molecular formula is C6H11FO. The third kappa shape index (κ3) is 0.848. The first kappa shape index (κ1) is 6.02. The van der Waals surface area contributed by atoms with Crippen molar-refractivity contribution in [3.05, 3.63) is 0 Å². The van der Waals surface area contributed by atoms with Crippen LogP contribution in [0.2, 0.25) is 0 Å². The Kier molecular flexibility index (Phi) is 1.27. The third-order valence-corrected chi connectivity index (χ3v) is 1.81. The van der Waals surface area contributed by atoms with Gasteiger partial charge in [-0.2, -0.15) is 0 Å². The Morgan fingerprint density at radius 1 is 1.75 bits per heavy atom. The maximum Gasteiger partial charge on any atom is 0.101 e. The average Bonchev–Trinajstić information content (AvgIpc) is 1.63. The van der Waals surface area contributed by atoms with E-state index in [1.54, 1.807) is 0 Å². The van der Waals surface area contributed by atoms with E-state index in [0.717, 1.165) is 0 Å². The van der Waals surface area contributed by atoms with Gasteiger partial charge in [0.15, 0.2) is 0 Å². The highest BCUT2D eigenvalue weighted by Gasteiger charge is 2.39. The molecule has 2 heteroatoms. The van der Waals surface area contributed by atoms with Gasteiger partial charge in [-0.3, -0.25) is 0 Å². The van der Waals surface area contributed by atoms with E-state index < -0.39 is 6.17 Å². The molecule has 0 atom stereocenters. The fraction of sp³-hybridized carbons (Fsp3) is 1.00. The largest absolute Gasteiger partial charge is 0.396 e. The van der Waals surface area contributed by atoms with Crippen molar-refractivity contribution in [2.45, 2.75) is 25.9 Å². The van der Waals surface area contributed by atoms with Crippen LogP contribution in [0.15, 0.2) is 0 Å². The van der Waals surface area contributed by atoms with Gasteiger partial charge in [-0.05, 0) is 18.3 Å². The first-order valence-electron chi connectivity index (χ1n) is 2.91. The summed E-state index contributed by atoms with van der Waals surface area (Å²) in [6, 6.07) is 0. The van der Waals surface area contributed by atoms with Crippen LogP contribution in [0.25, 0.3) is 0 Å². The third-order valence-electron chi connectivity index (χ3n) is 1.81. The van der Waals surface area contributed by atoms with E-state index in [4.69, 9.17) is 5.11 Å². The van der Waals surface area contributed by atoms with Crippen molar-refractivity contribution in [3.63, 3.8) is 0 Å². The summed E-state index contributed by atoms with van der Waals surface area (Å²) < 4.78 is 12.1. The van der Waals surface area contributed by atoms with Crippen LogP contribution in [0.3, 0.4) is 0 Å². The fourth-order valence-electron chi connectivity index (χ4n) is 1.14. The Bertz CT molecular complexity index is 86.5. The molecule has 0 aromatic rings. The zero-order valence-electron chi connectivity index (χ0n) is 5.02. The van der Waals surface area contributed by atoms with Crippen molar-refractivity contribution in [2.24, 2.45) is 5.41 Å². The standard InChI is InChI=1S/C6H11FO/c1-6(4-8)2-5(7)3-6/h5,8H,2-4H2,1H3. The molecule has 0 heterocycles. The topological polar surface area (TPSA) is 20.2 Å². The van der Waals surface area contributed by atoms with Crippen molar-refractivity contribution in [1.29, 1.82) is 0 Å². The number of aliphatic hydroxyl groups excluding tert-OH is 1. The summed E-state index contributed by atoms with van der Waals surface area (Å²) in [5.41, 5.74) is -0.0839. The first-order chi connectivity index (χ1) is 3.66. The van der Waals surface area contributed by atoms with Crippen LogP contribution < -0.4 is 0 Å². The van der Waals surface area contributed by atoms with Crippen LogP contribution >= 0.6 is 0 Å². The van der Waals surface area contributed by atoms with Gasteiger partial charge in [-0.1, -0.05) is 6.92 Å². The summed E-state index contributed by atoms with van der Waals surface area (Å²) in [6.45, 7) is 2.04. The molecule has 0 bridgehead atoms. The van der Waals surface area contributed by atoms with E-state index in [0.29, 0.717) is 12.8 Å². The van der Waals surface area contributed by atoms with Crippen LogP contribution in [0.1, 0.15) is 19.8 Å². The van der Waals surface area contributed by atoms with Crippen molar-refractivity contribution in [2.75, 3.05) is 6.61 Å². The second-order valence-corrected chi connectivity index (χ2v) is 2.97. The zero-order chi connectivity index (χ0) is 6.20. The molecule has 0 aromatic carbocycles. The second kappa shape index (κ2) is 1.69. The van der Waals surface area contributed by atoms with Gasteiger partial charge in [0.1, 0.15) is 6.17 Å². The van der Waals surface area contributed by atoms with Gasteiger partial charge in [-0.15, -0.1) is 0 Å². The Morgan fingerprint density at radius 2 is 2.25 bits per heavy atom. The number of hydrogen-bond acceptors (Lipinski definition) is 1. The molecule has 0 amide bonds. The zero-order valence-corrected chi connectivity index (χ0v) is 5.02. The highest BCUT2D eigenvalue weighted by atomic mass is 19.1. The van der Waals surface area contributed by atoms with E-state index in [1.165, 1.54) is 0 Å². The molecule has 0 radical (unpaired) electrons. The predicted octanol–water partition coefficient (Wildman–Crippen LogP) is 1.12. The molecule has 1 rings (SSSR count). The van der Waals surface area contributed by atoms with Gasteiger partial charge >= 0.3 is 0 Å². The normalized spacial score (nSPS) is 46.1. The maximum atomic E-state index is 12.1. The van der Waals surface area contributed by atoms with Gasteiger partial charge in [0.05, 0.1) is 0 Å². The Hall–Kier alpha value is -0.110. The molecule has 0 unspecified atom stereocenters. The highest BCUT2D eigenvalue weighted by molar-refractivity contribution is 4.89. The molecule has 8 heavy (non-hydrogen) atoms. The van der Waals surface area contributed by atoms with E-state index in [-0.39, 0.29) is 12.0 Å². The van der Waals surface area contributed by atoms with Gasteiger partial charge in [0.25, 0.3) is 0 Å². The Labute approximate surface area is 48.5 Å². The molecule has 0 saturated heterocycles. The minimum Gasteiger partial charge on any atom is -0.396 e. The average molecular weight is 118 g/mol. The molecule has 1 aliphatic rings. The van der Waals surface area contributed by atoms with Crippen LogP contribution in [0.4, 0.5) is 4.39 Å². The summed E-state index contributed by atoms with van der Waals surface area (Å²) in [5, 5.41) is 8.60. The van der Waals surface area contributed by atoms with Crippen LogP contribution in [0.5, 0.6) is 0 Å². The van der Waals surface area contributed by atoms with E-state index in [2.05, 4.69) is 0 Å². The lowest BCUT2D eigenvalue weighted by Crippen LogP contribution is -2.38. The number of aliphatic hydroxyl groups is 1. The molecule has 1 aliphatic carbocycles. The molecule has 0 aliphatic heterocycles. The minimum atomic E-state index is -0.646. The lowest BCUT2D eigenvalue weighted by Gasteiger charge is -2.39. The molecule has 48 valence electrons. The van der Waals surface area contributed by atoms with Gasteiger partial charge in [0, 0.05) is 6.61 Å². The van der Waals surface area contributed by atoms with Crippen molar-refractivity contribution in [1.82, 2.24) is 0 Å². The summed E-state index contributed by atoms with van der Waals surface area (Å²) in [5.74, 6) is 0. The van der Waals surface area contributed by atoms with Crippen molar-refractivity contribution in [3.8, 4) is 0 Å². The van der Waals surface area contributed by atoms with Crippen LogP contribution in [-0.4, -0.2) is 17.9 Å². The molecular weight excluding hydrogens is 107 g/mol. The smallest absolute Gasteiger partial charge is 0.101 e. The predicted molar refractivity (Wildman–Crippen MR) is 29.3 cm³/mol. The van der Waals surface area contributed by atoms with Crippen molar-refractivity contribution >= 4 is 0 Å². The van der Waals surface area contributed by atoms with Crippen LogP contribution in [0, 0.1) is 5.41 Å². The summed E-state index contributed by atoms with van der Waals surface area (Å²) in [7, 11) is 0. The highest BCUT2D eigenvalue weighted by Crippen LogP contribution is 2.41. The van der Waals surface area contributed by atoms with E-state index in [1.807, 2.05) is 6.92 Å². The fourth-order valence-corrected chi connectivity index (χ4v) is 1.14. The molecule has 1 N–H and O–H groups in total.